The molecule has 2 heterocycles. The average molecular weight is 408 g/mol. The molecule has 8 heteroatoms. The summed E-state index contributed by atoms with van der Waals surface area (Å²) < 4.78 is 7.32. The van der Waals surface area contributed by atoms with Crippen LogP contribution in [-0.2, 0) is 4.79 Å². The summed E-state index contributed by atoms with van der Waals surface area (Å²) in [7, 11) is 0. The lowest BCUT2D eigenvalue weighted by molar-refractivity contribution is -0.118. The van der Waals surface area contributed by atoms with E-state index in [0.717, 1.165) is 17.1 Å². The molecule has 1 aliphatic rings. The Morgan fingerprint density at radius 2 is 2.00 bits per heavy atom. The summed E-state index contributed by atoms with van der Waals surface area (Å²) in [6.07, 6.45) is 0. The lowest BCUT2D eigenvalue weighted by atomic mass is 10.1. The molecule has 4 rings (SSSR count). The van der Waals surface area contributed by atoms with E-state index in [-0.39, 0.29) is 23.5 Å². The van der Waals surface area contributed by atoms with E-state index in [1.807, 2.05) is 49.6 Å². The monoisotopic (exact) mass is 408 g/mol. The molecule has 3 aromatic rings. The van der Waals surface area contributed by atoms with Gasteiger partial charge in [-0.1, -0.05) is 30.0 Å². The summed E-state index contributed by atoms with van der Waals surface area (Å²) in [6, 6.07) is 13.1. The van der Waals surface area contributed by atoms with Gasteiger partial charge >= 0.3 is 0 Å². The van der Waals surface area contributed by atoms with Crippen molar-refractivity contribution < 1.29 is 14.3 Å². The van der Waals surface area contributed by atoms with Gasteiger partial charge in [-0.05, 0) is 50.6 Å². The molecule has 1 aromatic heterocycles. The summed E-state index contributed by atoms with van der Waals surface area (Å²) in [6.45, 7) is 5.75. The molecule has 2 aromatic carbocycles. The highest BCUT2D eigenvalue weighted by atomic mass is 32.2. The molecule has 29 heavy (non-hydrogen) atoms. The predicted molar refractivity (Wildman–Crippen MR) is 111 cm³/mol. The summed E-state index contributed by atoms with van der Waals surface area (Å²) in [5.74, 6) is 1.03. The molecule has 0 aliphatic carbocycles. The molecule has 0 fully saturated rings. The smallest absolute Gasteiger partial charge is 0.262 e. The normalized spacial score (nSPS) is 14.0. The van der Waals surface area contributed by atoms with E-state index < -0.39 is 0 Å². The lowest BCUT2D eigenvalue weighted by Crippen LogP contribution is -2.25. The fourth-order valence-corrected chi connectivity index (χ4v) is 4.18. The van der Waals surface area contributed by atoms with Gasteiger partial charge in [0.1, 0.15) is 11.6 Å². The van der Waals surface area contributed by atoms with Gasteiger partial charge < -0.3 is 10.1 Å². The zero-order valence-electron chi connectivity index (χ0n) is 16.3. The van der Waals surface area contributed by atoms with Crippen molar-refractivity contribution in [2.75, 3.05) is 11.9 Å². The van der Waals surface area contributed by atoms with Crippen molar-refractivity contribution in [2.45, 2.75) is 31.2 Å². The number of amides is 1. The number of nitrogens with one attached hydrogen (secondary N) is 1. The number of ether oxygens (including phenoxy) is 1. The molecular formula is C21H20N4O3S. The highest BCUT2D eigenvalue weighted by Gasteiger charge is 2.24. The van der Waals surface area contributed by atoms with Crippen LogP contribution < -0.4 is 10.1 Å². The quantitative estimate of drug-likeness (QED) is 0.513. The highest BCUT2D eigenvalue weighted by molar-refractivity contribution is 8.00. The van der Waals surface area contributed by atoms with Gasteiger partial charge in [0.2, 0.25) is 0 Å². The molecular weight excluding hydrogens is 388 g/mol. The van der Waals surface area contributed by atoms with Gasteiger partial charge in [0.15, 0.2) is 17.5 Å². The summed E-state index contributed by atoms with van der Waals surface area (Å²) in [4.78, 5) is 24.5. The summed E-state index contributed by atoms with van der Waals surface area (Å²) in [5, 5.41) is 11.5. The van der Waals surface area contributed by atoms with E-state index in [2.05, 4.69) is 15.5 Å². The lowest BCUT2D eigenvalue weighted by Gasteiger charge is -2.19. The van der Waals surface area contributed by atoms with Crippen molar-refractivity contribution in [3.63, 3.8) is 0 Å². The minimum Gasteiger partial charge on any atom is -0.482 e. The molecule has 0 spiro atoms. The Balaban J connectivity index is 1.59. The number of anilines is 1. The maximum absolute atomic E-state index is 13.0. The highest BCUT2D eigenvalue weighted by Crippen LogP contribution is 2.32. The van der Waals surface area contributed by atoms with Crippen LogP contribution in [0.1, 0.15) is 28.7 Å². The second kappa shape index (κ2) is 7.71. The number of carbonyl (C=O) groups excluding carboxylic acids is 2. The molecule has 7 nitrogen and oxygen atoms in total. The van der Waals surface area contributed by atoms with Crippen LogP contribution in [0.2, 0.25) is 0 Å². The van der Waals surface area contributed by atoms with E-state index in [4.69, 9.17) is 4.74 Å². The van der Waals surface area contributed by atoms with E-state index in [1.54, 1.807) is 18.2 Å². The van der Waals surface area contributed by atoms with Gasteiger partial charge in [-0.2, -0.15) is 0 Å². The SMILES string of the molecule is Cc1ccccc1-n1c(C)nnc1S[C@H](C)C(=O)c1ccc2c(c1)NC(=O)CO2. The minimum absolute atomic E-state index is 0.0134. The number of para-hydroxylation sites is 1. The first-order valence-electron chi connectivity index (χ1n) is 9.19. The number of fused-ring (bicyclic) bond motifs is 1. The Morgan fingerprint density at radius 3 is 2.79 bits per heavy atom. The van der Waals surface area contributed by atoms with Gasteiger partial charge in [0.25, 0.3) is 5.91 Å². The van der Waals surface area contributed by atoms with Crippen molar-refractivity contribution in [3.05, 3.63) is 59.4 Å². The van der Waals surface area contributed by atoms with Crippen LogP contribution in [0.4, 0.5) is 5.69 Å². The molecule has 1 N–H and O–H groups in total. The first-order valence-corrected chi connectivity index (χ1v) is 10.1. The molecule has 0 radical (unpaired) electrons. The maximum atomic E-state index is 13.0. The van der Waals surface area contributed by atoms with Crippen LogP contribution in [0.3, 0.4) is 0 Å². The molecule has 0 saturated heterocycles. The molecule has 1 amide bonds. The number of thioether (sulfide) groups is 1. The van der Waals surface area contributed by atoms with Gasteiger partial charge in [0, 0.05) is 5.56 Å². The third-order valence-corrected chi connectivity index (χ3v) is 5.74. The van der Waals surface area contributed by atoms with Crippen LogP contribution >= 0.6 is 11.8 Å². The zero-order valence-corrected chi connectivity index (χ0v) is 17.1. The predicted octanol–water partition coefficient (Wildman–Crippen LogP) is 3.58. The van der Waals surface area contributed by atoms with Crippen molar-refractivity contribution >= 4 is 29.1 Å². The number of nitrogens with zero attached hydrogens (tertiary/aromatic N) is 3. The molecule has 0 unspecified atom stereocenters. The number of aromatic nitrogens is 3. The average Bonchev–Trinajstić information content (AvgIpc) is 3.07. The largest absolute Gasteiger partial charge is 0.482 e. The summed E-state index contributed by atoms with van der Waals surface area (Å²) in [5.41, 5.74) is 3.11. The van der Waals surface area contributed by atoms with E-state index in [0.29, 0.717) is 22.2 Å². The Morgan fingerprint density at radius 1 is 1.21 bits per heavy atom. The van der Waals surface area contributed by atoms with Crippen molar-refractivity contribution in [2.24, 2.45) is 0 Å². The maximum Gasteiger partial charge on any atom is 0.262 e. The number of hydrogen-bond donors (Lipinski definition) is 1. The zero-order chi connectivity index (χ0) is 20.5. The van der Waals surface area contributed by atoms with Crippen LogP contribution in [0.25, 0.3) is 5.69 Å². The molecule has 148 valence electrons. The Hall–Kier alpha value is -3.13. The van der Waals surface area contributed by atoms with Crippen LogP contribution in [0.15, 0.2) is 47.6 Å². The third kappa shape index (κ3) is 3.75. The van der Waals surface area contributed by atoms with E-state index in [1.165, 1.54) is 11.8 Å². The van der Waals surface area contributed by atoms with Crippen LogP contribution in [-0.4, -0.2) is 38.3 Å². The fraction of sp³-hybridized carbons (Fsp3) is 0.238. The van der Waals surface area contributed by atoms with Crippen LogP contribution in [0, 0.1) is 13.8 Å². The standard InChI is InChI=1S/C21H20N4O3S/c1-12-6-4-5-7-17(12)25-14(3)23-24-21(25)29-13(2)20(27)15-8-9-18-16(10-15)22-19(26)11-28-18/h4-10,13H,11H2,1-3H3,(H,22,26)/t13-/m1/s1. The van der Waals surface area contributed by atoms with Gasteiger partial charge in [0.05, 0.1) is 16.6 Å². The van der Waals surface area contributed by atoms with Gasteiger partial charge in [-0.25, -0.2) is 0 Å². The first kappa shape index (κ1) is 19.2. The number of benzene rings is 2. The van der Waals surface area contributed by atoms with Gasteiger partial charge in [-0.3, -0.25) is 14.2 Å². The first-order chi connectivity index (χ1) is 13.9. The number of ketones is 1. The minimum atomic E-state index is -0.389. The molecule has 1 atom stereocenters. The van der Waals surface area contributed by atoms with Crippen molar-refractivity contribution in [1.29, 1.82) is 0 Å². The molecule has 1 aliphatic heterocycles. The number of aryl methyl sites for hydroxylation is 2. The van der Waals surface area contributed by atoms with E-state index >= 15 is 0 Å². The Kier molecular flexibility index (Phi) is 5.10. The third-order valence-electron chi connectivity index (χ3n) is 4.70. The summed E-state index contributed by atoms with van der Waals surface area (Å²) >= 11 is 1.36. The molecule has 0 bridgehead atoms. The number of carbonyl (C=O) groups is 2. The van der Waals surface area contributed by atoms with Gasteiger partial charge in [-0.15, -0.1) is 10.2 Å². The number of rotatable bonds is 5. The second-order valence-electron chi connectivity index (χ2n) is 6.82. The number of Topliss-reactive ketones (excluding diaryl/α,β-unsaturated/α-hetero) is 1. The van der Waals surface area contributed by atoms with E-state index in [9.17, 15) is 9.59 Å². The number of hydrogen-bond acceptors (Lipinski definition) is 6. The van der Waals surface area contributed by atoms with Crippen molar-refractivity contribution in [3.8, 4) is 11.4 Å². The Labute approximate surface area is 172 Å². The fourth-order valence-electron chi connectivity index (χ4n) is 3.19. The Bertz CT molecular complexity index is 1110. The second-order valence-corrected chi connectivity index (χ2v) is 8.13. The topological polar surface area (TPSA) is 86.1 Å². The van der Waals surface area contributed by atoms with Crippen LogP contribution in [0.5, 0.6) is 5.75 Å². The van der Waals surface area contributed by atoms with Crippen molar-refractivity contribution in [1.82, 2.24) is 14.8 Å². The molecule has 0 saturated carbocycles.